The van der Waals surface area contributed by atoms with Crippen molar-refractivity contribution in [2.24, 2.45) is 0 Å². The second-order valence-corrected chi connectivity index (χ2v) is 5.55. The molecule has 0 saturated heterocycles. The van der Waals surface area contributed by atoms with Crippen molar-refractivity contribution in [3.8, 4) is 11.7 Å². The Hall–Kier alpha value is -2.39. The van der Waals surface area contributed by atoms with E-state index in [0.29, 0.717) is 36.3 Å². The van der Waals surface area contributed by atoms with Crippen molar-refractivity contribution in [3.05, 3.63) is 42.7 Å². The number of thioether (sulfide) groups is 1. The van der Waals surface area contributed by atoms with Crippen LogP contribution in [0.15, 0.2) is 45.1 Å². The van der Waals surface area contributed by atoms with Crippen LogP contribution in [0.25, 0.3) is 11.7 Å². The molecule has 0 radical (unpaired) electrons. The lowest BCUT2D eigenvalue weighted by Gasteiger charge is -2.06. The van der Waals surface area contributed by atoms with E-state index >= 15 is 0 Å². The van der Waals surface area contributed by atoms with Crippen LogP contribution >= 0.6 is 11.8 Å². The normalized spacial score (nSPS) is 11.0. The highest BCUT2D eigenvalue weighted by Crippen LogP contribution is 2.23. The van der Waals surface area contributed by atoms with Gasteiger partial charge < -0.3 is 18.8 Å². The molecule has 1 N–H and O–H groups in total. The molecular formula is C14H16N6O2S. The standard InChI is InChI=1S/C14H16N6O2S/c1-3-6-20-12(8-15-2)17-18-14(20)23-9-11-16-13(22-19-11)10-5-4-7-21-10/h3-5,7,15H,1,6,8-9H2,2H3. The Bertz CT molecular complexity index is 764. The van der Waals surface area contributed by atoms with Gasteiger partial charge >= 0.3 is 0 Å². The van der Waals surface area contributed by atoms with Gasteiger partial charge in [0.1, 0.15) is 5.82 Å². The number of nitrogens with one attached hydrogen (secondary N) is 1. The van der Waals surface area contributed by atoms with Gasteiger partial charge in [0.05, 0.1) is 18.6 Å². The Balaban J connectivity index is 1.69. The van der Waals surface area contributed by atoms with Gasteiger partial charge in [0, 0.05) is 6.54 Å². The lowest BCUT2D eigenvalue weighted by molar-refractivity contribution is 0.411. The molecule has 3 aromatic rings. The van der Waals surface area contributed by atoms with Crippen molar-refractivity contribution in [2.75, 3.05) is 7.05 Å². The summed E-state index contributed by atoms with van der Waals surface area (Å²) in [6.45, 7) is 5.07. The fraction of sp³-hybridized carbons (Fsp3) is 0.286. The molecule has 8 nitrogen and oxygen atoms in total. The van der Waals surface area contributed by atoms with Crippen molar-refractivity contribution in [1.82, 2.24) is 30.2 Å². The monoisotopic (exact) mass is 332 g/mol. The Morgan fingerprint density at radius 3 is 3.09 bits per heavy atom. The third-order valence-electron chi connectivity index (χ3n) is 2.97. The fourth-order valence-corrected chi connectivity index (χ4v) is 2.78. The van der Waals surface area contributed by atoms with Crippen molar-refractivity contribution in [3.63, 3.8) is 0 Å². The van der Waals surface area contributed by atoms with Gasteiger partial charge in [-0.05, 0) is 19.2 Å². The van der Waals surface area contributed by atoms with Crippen LogP contribution in [0.1, 0.15) is 11.6 Å². The van der Waals surface area contributed by atoms with Crippen LogP contribution in [-0.2, 0) is 18.8 Å². The van der Waals surface area contributed by atoms with Crippen LogP contribution in [0.4, 0.5) is 0 Å². The van der Waals surface area contributed by atoms with Gasteiger partial charge in [0.2, 0.25) is 0 Å². The molecule has 120 valence electrons. The largest absolute Gasteiger partial charge is 0.459 e. The lowest BCUT2D eigenvalue weighted by Crippen LogP contribution is -2.12. The molecule has 0 unspecified atom stereocenters. The average molecular weight is 332 g/mol. The summed E-state index contributed by atoms with van der Waals surface area (Å²) in [4.78, 5) is 4.30. The van der Waals surface area contributed by atoms with E-state index in [4.69, 9.17) is 8.94 Å². The Morgan fingerprint density at radius 2 is 2.35 bits per heavy atom. The Morgan fingerprint density at radius 1 is 1.43 bits per heavy atom. The van der Waals surface area contributed by atoms with Gasteiger partial charge in [-0.3, -0.25) is 0 Å². The van der Waals surface area contributed by atoms with Crippen LogP contribution in [0.3, 0.4) is 0 Å². The number of allylic oxidation sites excluding steroid dienone is 1. The molecule has 0 aliphatic heterocycles. The SMILES string of the molecule is C=CCn1c(CNC)nnc1SCc1noc(-c2ccco2)n1. The zero-order valence-corrected chi connectivity index (χ0v) is 13.4. The molecule has 0 bridgehead atoms. The number of hydrogen-bond acceptors (Lipinski definition) is 8. The van der Waals surface area contributed by atoms with Crippen LogP contribution in [0.2, 0.25) is 0 Å². The van der Waals surface area contributed by atoms with Crippen LogP contribution in [0.5, 0.6) is 0 Å². The topological polar surface area (TPSA) is 94.8 Å². The summed E-state index contributed by atoms with van der Waals surface area (Å²) in [7, 11) is 1.87. The minimum absolute atomic E-state index is 0.369. The minimum Gasteiger partial charge on any atom is -0.459 e. The lowest BCUT2D eigenvalue weighted by atomic mass is 10.4. The van der Waals surface area contributed by atoms with E-state index in [1.165, 1.54) is 11.8 Å². The smallest absolute Gasteiger partial charge is 0.293 e. The zero-order chi connectivity index (χ0) is 16.1. The van der Waals surface area contributed by atoms with E-state index in [2.05, 4.69) is 32.2 Å². The predicted octanol–water partition coefficient (Wildman–Crippen LogP) is 2.12. The summed E-state index contributed by atoms with van der Waals surface area (Å²) in [6, 6.07) is 3.55. The second-order valence-electron chi connectivity index (χ2n) is 4.61. The Labute approximate surface area is 137 Å². The first-order valence-corrected chi connectivity index (χ1v) is 7.97. The van der Waals surface area contributed by atoms with Gasteiger partial charge in [-0.25, -0.2) is 0 Å². The second kappa shape index (κ2) is 7.25. The fourth-order valence-electron chi connectivity index (χ4n) is 1.97. The third kappa shape index (κ3) is 3.51. The number of hydrogen-bond donors (Lipinski definition) is 1. The summed E-state index contributed by atoms with van der Waals surface area (Å²) in [6.07, 6.45) is 3.38. The number of nitrogens with zero attached hydrogens (tertiary/aromatic N) is 5. The van der Waals surface area contributed by atoms with Gasteiger partial charge in [0.25, 0.3) is 5.89 Å². The van der Waals surface area contributed by atoms with Crippen LogP contribution in [0, 0.1) is 0 Å². The van der Waals surface area contributed by atoms with E-state index < -0.39 is 0 Å². The van der Waals surface area contributed by atoms with Gasteiger partial charge in [-0.15, -0.1) is 16.8 Å². The highest BCUT2D eigenvalue weighted by atomic mass is 32.2. The molecule has 0 amide bonds. The number of furan rings is 1. The summed E-state index contributed by atoms with van der Waals surface area (Å²) >= 11 is 1.50. The van der Waals surface area contributed by atoms with Crippen molar-refractivity contribution in [1.29, 1.82) is 0 Å². The van der Waals surface area contributed by atoms with Gasteiger partial charge in [-0.1, -0.05) is 23.0 Å². The molecule has 3 rings (SSSR count). The van der Waals surface area contributed by atoms with Crippen molar-refractivity contribution >= 4 is 11.8 Å². The Kier molecular flexibility index (Phi) is 4.89. The first kappa shape index (κ1) is 15.5. The van der Waals surface area contributed by atoms with Gasteiger partial charge in [-0.2, -0.15) is 4.98 Å². The molecule has 0 aliphatic rings. The predicted molar refractivity (Wildman–Crippen MR) is 84.5 cm³/mol. The van der Waals surface area contributed by atoms with Gasteiger partial charge in [0.15, 0.2) is 16.7 Å². The highest BCUT2D eigenvalue weighted by Gasteiger charge is 2.15. The summed E-state index contributed by atoms with van der Waals surface area (Å²) in [5, 5.41) is 16.2. The van der Waals surface area contributed by atoms with E-state index in [0.717, 1.165) is 11.0 Å². The molecule has 3 heterocycles. The maximum Gasteiger partial charge on any atom is 0.293 e. The maximum atomic E-state index is 5.23. The highest BCUT2D eigenvalue weighted by molar-refractivity contribution is 7.98. The van der Waals surface area contributed by atoms with E-state index in [9.17, 15) is 0 Å². The molecule has 0 aromatic carbocycles. The molecule has 0 aliphatic carbocycles. The zero-order valence-electron chi connectivity index (χ0n) is 12.6. The first-order valence-electron chi connectivity index (χ1n) is 6.98. The van der Waals surface area contributed by atoms with E-state index in [1.54, 1.807) is 18.4 Å². The number of rotatable bonds is 8. The summed E-state index contributed by atoms with van der Waals surface area (Å²) in [5.41, 5.74) is 0. The van der Waals surface area contributed by atoms with E-state index in [-0.39, 0.29) is 0 Å². The molecular weight excluding hydrogens is 316 g/mol. The molecule has 0 fully saturated rings. The number of aromatic nitrogens is 5. The molecule has 0 saturated carbocycles. The average Bonchev–Trinajstić information content (AvgIpc) is 3.27. The first-order chi connectivity index (χ1) is 11.3. The van der Waals surface area contributed by atoms with E-state index in [1.807, 2.05) is 17.7 Å². The molecule has 9 heteroatoms. The molecule has 23 heavy (non-hydrogen) atoms. The minimum atomic E-state index is 0.369. The van der Waals surface area contributed by atoms with Crippen LogP contribution in [-0.4, -0.2) is 32.0 Å². The van der Waals surface area contributed by atoms with Crippen molar-refractivity contribution < 1.29 is 8.94 Å². The summed E-state index contributed by atoms with van der Waals surface area (Å²) in [5.74, 6) is 2.89. The quantitative estimate of drug-likeness (QED) is 0.495. The van der Waals surface area contributed by atoms with Crippen molar-refractivity contribution in [2.45, 2.75) is 24.0 Å². The van der Waals surface area contributed by atoms with Crippen LogP contribution < -0.4 is 5.32 Å². The molecule has 0 atom stereocenters. The molecule has 3 aromatic heterocycles. The summed E-state index contributed by atoms with van der Waals surface area (Å²) < 4.78 is 12.4. The third-order valence-corrected chi connectivity index (χ3v) is 3.93. The molecule has 0 spiro atoms. The maximum absolute atomic E-state index is 5.23.